The third-order valence-electron chi connectivity index (χ3n) is 3.54. The van der Waals surface area contributed by atoms with Crippen molar-refractivity contribution in [1.82, 2.24) is 4.98 Å². The van der Waals surface area contributed by atoms with Crippen LogP contribution in [-0.2, 0) is 4.74 Å². The van der Waals surface area contributed by atoms with Crippen molar-refractivity contribution >= 4 is 22.3 Å². The fourth-order valence-corrected chi connectivity index (χ4v) is 2.81. The molecule has 1 fully saturated rings. The van der Waals surface area contributed by atoms with Crippen LogP contribution in [0.15, 0.2) is 30.5 Å². The van der Waals surface area contributed by atoms with Gasteiger partial charge in [-0.15, -0.1) is 0 Å². The number of aromatic nitrogens is 1. The molecule has 100 valence electrons. The molecule has 4 nitrogen and oxygen atoms in total. The number of fused-ring (bicyclic) bond motifs is 1. The van der Waals surface area contributed by atoms with Crippen LogP contribution < -0.4 is 10.6 Å². The van der Waals surface area contributed by atoms with Crippen molar-refractivity contribution in [2.45, 2.75) is 26.1 Å². The Morgan fingerprint density at radius 2 is 1.95 bits per heavy atom. The highest BCUT2D eigenvalue weighted by atomic mass is 16.5. The normalized spacial score (nSPS) is 23.8. The van der Waals surface area contributed by atoms with E-state index in [1.54, 1.807) is 0 Å². The number of nitrogen functional groups attached to an aromatic ring is 1. The van der Waals surface area contributed by atoms with E-state index in [0.29, 0.717) is 0 Å². The second-order valence-electron chi connectivity index (χ2n) is 5.24. The molecule has 0 saturated carbocycles. The van der Waals surface area contributed by atoms with Gasteiger partial charge in [-0.2, -0.15) is 0 Å². The number of rotatable bonds is 1. The molecule has 0 amide bonds. The minimum absolute atomic E-state index is 0.236. The van der Waals surface area contributed by atoms with Gasteiger partial charge in [0, 0.05) is 30.4 Å². The van der Waals surface area contributed by atoms with E-state index in [9.17, 15) is 0 Å². The Morgan fingerprint density at radius 3 is 2.68 bits per heavy atom. The van der Waals surface area contributed by atoms with E-state index in [2.05, 4.69) is 29.8 Å². The Balaban J connectivity index is 2.07. The van der Waals surface area contributed by atoms with Crippen molar-refractivity contribution < 1.29 is 4.74 Å². The van der Waals surface area contributed by atoms with Gasteiger partial charge in [0.05, 0.1) is 23.4 Å². The summed E-state index contributed by atoms with van der Waals surface area (Å²) in [7, 11) is 0. The number of ether oxygens (including phenoxy) is 1. The molecule has 1 aliphatic rings. The summed E-state index contributed by atoms with van der Waals surface area (Å²) in [4.78, 5) is 6.85. The molecule has 3 rings (SSSR count). The highest BCUT2D eigenvalue weighted by Crippen LogP contribution is 2.30. The van der Waals surface area contributed by atoms with E-state index in [-0.39, 0.29) is 12.2 Å². The van der Waals surface area contributed by atoms with Gasteiger partial charge < -0.3 is 15.4 Å². The minimum atomic E-state index is 0.236. The Bertz CT molecular complexity index is 589. The fraction of sp³-hybridized carbons (Fsp3) is 0.400. The third-order valence-corrected chi connectivity index (χ3v) is 3.54. The second kappa shape index (κ2) is 4.70. The van der Waals surface area contributed by atoms with E-state index >= 15 is 0 Å². The molecule has 1 aromatic carbocycles. The van der Waals surface area contributed by atoms with Crippen molar-refractivity contribution in [3.05, 3.63) is 30.5 Å². The predicted molar refractivity (Wildman–Crippen MR) is 78.4 cm³/mol. The average Bonchev–Trinajstić information content (AvgIpc) is 2.38. The lowest BCUT2D eigenvalue weighted by atomic mass is 10.1. The van der Waals surface area contributed by atoms with E-state index in [1.165, 1.54) is 0 Å². The van der Waals surface area contributed by atoms with Gasteiger partial charge in [-0.05, 0) is 38.1 Å². The number of hydrogen-bond donors (Lipinski definition) is 1. The molecule has 0 aliphatic carbocycles. The molecule has 2 atom stereocenters. The number of nitrogens with zero attached hydrogens (tertiary/aromatic N) is 2. The molecule has 1 saturated heterocycles. The van der Waals surface area contributed by atoms with Gasteiger partial charge in [-0.3, -0.25) is 4.98 Å². The Hall–Kier alpha value is -1.81. The maximum atomic E-state index is 6.03. The van der Waals surface area contributed by atoms with Crippen molar-refractivity contribution in [2.24, 2.45) is 0 Å². The molecular formula is C15H19N3O. The molecule has 2 unspecified atom stereocenters. The molecule has 2 heterocycles. The van der Waals surface area contributed by atoms with Crippen LogP contribution in [0.2, 0.25) is 0 Å². The molecule has 19 heavy (non-hydrogen) atoms. The predicted octanol–water partition coefficient (Wildman–Crippen LogP) is 2.43. The van der Waals surface area contributed by atoms with Gasteiger partial charge in [0.1, 0.15) is 0 Å². The van der Waals surface area contributed by atoms with Crippen molar-refractivity contribution in [3.63, 3.8) is 0 Å². The quantitative estimate of drug-likeness (QED) is 0.797. The van der Waals surface area contributed by atoms with Gasteiger partial charge in [-0.25, -0.2) is 0 Å². The van der Waals surface area contributed by atoms with Crippen LogP contribution in [0.25, 0.3) is 10.9 Å². The van der Waals surface area contributed by atoms with Gasteiger partial charge in [-0.1, -0.05) is 0 Å². The van der Waals surface area contributed by atoms with Crippen molar-refractivity contribution in [3.8, 4) is 0 Å². The monoisotopic (exact) mass is 257 g/mol. The first-order valence-corrected chi connectivity index (χ1v) is 6.69. The van der Waals surface area contributed by atoms with Gasteiger partial charge in [0.15, 0.2) is 0 Å². The standard InChI is InChI=1S/C15H19N3O/c1-10-8-18(9-11(2)19-10)14-6-5-13(16)12-4-3-7-17-15(12)14/h3-7,10-11H,8-9,16H2,1-2H3. The molecular weight excluding hydrogens is 238 g/mol. The van der Waals surface area contributed by atoms with Gasteiger partial charge in [0.2, 0.25) is 0 Å². The van der Waals surface area contributed by atoms with Crippen LogP contribution in [0.3, 0.4) is 0 Å². The zero-order chi connectivity index (χ0) is 13.4. The van der Waals surface area contributed by atoms with Crippen molar-refractivity contribution in [2.75, 3.05) is 23.7 Å². The Kier molecular flexibility index (Phi) is 3.03. The van der Waals surface area contributed by atoms with E-state index < -0.39 is 0 Å². The van der Waals surface area contributed by atoms with Crippen LogP contribution in [0.4, 0.5) is 11.4 Å². The maximum absolute atomic E-state index is 6.03. The topological polar surface area (TPSA) is 51.4 Å². The van der Waals surface area contributed by atoms with E-state index in [0.717, 1.165) is 35.4 Å². The number of anilines is 2. The maximum Gasteiger partial charge on any atom is 0.0955 e. The average molecular weight is 257 g/mol. The Morgan fingerprint density at radius 1 is 1.21 bits per heavy atom. The summed E-state index contributed by atoms with van der Waals surface area (Å²) in [6, 6.07) is 7.97. The van der Waals surface area contributed by atoms with Crippen LogP contribution in [-0.4, -0.2) is 30.3 Å². The van der Waals surface area contributed by atoms with E-state index in [4.69, 9.17) is 10.5 Å². The highest BCUT2D eigenvalue weighted by molar-refractivity contribution is 5.98. The number of morpholine rings is 1. The summed E-state index contributed by atoms with van der Waals surface area (Å²) in [6.45, 7) is 5.99. The Labute approximate surface area is 113 Å². The first-order chi connectivity index (χ1) is 9.15. The van der Waals surface area contributed by atoms with E-state index in [1.807, 2.05) is 24.4 Å². The summed E-state index contributed by atoms with van der Waals surface area (Å²) >= 11 is 0. The SMILES string of the molecule is CC1CN(c2ccc(N)c3cccnc23)CC(C)O1. The third kappa shape index (κ3) is 2.24. The number of hydrogen-bond acceptors (Lipinski definition) is 4. The molecule has 4 heteroatoms. The van der Waals surface area contributed by atoms with Crippen LogP contribution in [0.5, 0.6) is 0 Å². The second-order valence-corrected chi connectivity index (χ2v) is 5.24. The zero-order valence-electron chi connectivity index (χ0n) is 11.3. The van der Waals surface area contributed by atoms with Crippen LogP contribution in [0.1, 0.15) is 13.8 Å². The lowest BCUT2D eigenvalue weighted by molar-refractivity contribution is -0.00513. The zero-order valence-corrected chi connectivity index (χ0v) is 11.3. The summed E-state index contributed by atoms with van der Waals surface area (Å²) < 4.78 is 5.79. The first-order valence-electron chi connectivity index (χ1n) is 6.69. The lowest BCUT2D eigenvalue weighted by Gasteiger charge is -2.37. The highest BCUT2D eigenvalue weighted by Gasteiger charge is 2.24. The number of benzene rings is 1. The smallest absolute Gasteiger partial charge is 0.0955 e. The van der Waals surface area contributed by atoms with Crippen LogP contribution >= 0.6 is 0 Å². The largest absolute Gasteiger partial charge is 0.398 e. The molecule has 1 aromatic heterocycles. The molecule has 0 spiro atoms. The number of pyridine rings is 1. The summed E-state index contributed by atoms with van der Waals surface area (Å²) in [5.74, 6) is 0. The summed E-state index contributed by atoms with van der Waals surface area (Å²) in [6.07, 6.45) is 2.29. The molecule has 2 aromatic rings. The van der Waals surface area contributed by atoms with Crippen molar-refractivity contribution in [1.29, 1.82) is 0 Å². The fourth-order valence-electron chi connectivity index (χ4n) is 2.81. The summed E-state index contributed by atoms with van der Waals surface area (Å²) in [5.41, 5.74) is 8.93. The first kappa shape index (κ1) is 12.2. The van der Waals surface area contributed by atoms with Gasteiger partial charge >= 0.3 is 0 Å². The lowest BCUT2D eigenvalue weighted by Crippen LogP contribution is -2.45. The van der Waals surface area contributed by atoms with Gasteiger partial charge in [0.25, 0.3) is 0 Å². The van der Waals surface area contributed by atoms with Crippen LogP contribution in [0, 0.1) is 0 Å². The summed E-state index contributed by atoms with van der Waals surface area (Å²) in [5, 5.41) is 1.02. The minimum Gasteiger partial charge on any atom is -0.398 e. The number of nitrogens with two attached hydrogens (primary N) is 1. The molecule has 1 aliphatic heterocycles. The molecule has 2 N–H and O–H groups in total. The molecule has 0 radical (unpaired) electrons. The molecule has 0 bridgehead atoms.